The molecular weight excluding hydrogens is 256 g/mol. The Morgan fingerprint density at radius 1 is 1.50 bits per heavy atom. The van der Waals surface area contributed by atoms with E-state index >= 15 is 0 Å². The normalized spacial score (nSPS) is 10.3. The van der Waals surface area contributed by atoms with Gasteiger partial charge in [-0.25, -0.2) is 5.84 Å². The molecule has 0 aliphatic rings. The molecule has 0 aliphatic heterocycles. The molecular formula is C14H18N4O2. The van der Waals surface area contributed by atoms with E-state index in [4.69, 9.17) is 10.6 Å². The average Bonchev–Trinajstić information content (AvgIpc) is 2.86. The molecule has 0 aliphatic carbocycles. The first-order valence-electron chi connectivity index (χ1n) is 6.46. The Labute approximate surface area is 117 Å². The van der Waals surface area contributed by atoms with Crippen molar-refractivity contribution in [2.45, 2.75) is 20.3 Å². The number of aryl methyl sites for hydroxylation is 1. The number of hydrazine groups is 1. The molecule has 20 heavy (non-hydrogen) atoms. The minimum absolute atomic E-state index is 0.369. The Morgan fingerprint density at radius 2 is 2.30 bits per heavy atom. The van der Waals surface area contributed by atoms with Crippen LogP contribution in [0.25, 0.3) is 11.3 Å². The number of amides is 1. The van der Waals surface area contributed by atoms with Crippen molar-refractivity contribution in [3.8, 4) is 17.0 Å². The highest BCUT2D eigenvalue weighted by molar-refractivity contribution is 6.00. The highest BCUT2D eigenvalue weighted by atomic mass is 16.5. The zero-order valence-electron chi connectivity index (χ0n) is 11.6. The van der Waals surface area contributed by atoms with Gasteiger partial charge in [0.1, 0.15) is 11.4 Å². The van der Waals surface area contributed by atoms with E-state index < -0.39 is 0 Å². The molecule has 0 atom stereocenters. The molecule has 1 heterocycles. The van der Waals surface area contributed by atoms with Gasteiger partial charge in [-0.15, -0.1) is 0 Å². The Bertz CT molecular complexity index is 607. The lowest BCUT2D eigenvalue weighted by molar-refractivity contribution is 0.0953. The molecule has 1 aromatic heterocycles. The second kappa shape index (κ2) is 6.21. The fourth-order valence-corrected chi connectivity index (χ4v) is 1.94. The van der Waals surface area contributed by atoms with E-state index in [-0.39, 0.29) is 5.91 Å². The summed E-state index contributed by atoms with van der Waals surface area (Å²) in [5, 5.41) is 6.99. The van der Waals surface area contributed by atoms with E-state index in [2.05, 4.69) is 15.6 Å². The number of carbonyl (C=O) groups excluding carboxylic acids is 1. The van der Waals surface area contributed by atoms with Crippen molar-refractivity contribution in [3.05, 3.63) is 35.5 Å². The minimum atomic E-state index is -0.369. The maximum atomic E-state index is 11.8. The van der Waals surface area contributed by atoms with E-state index in [0.29, 0.717) is 23.6 Å². The Kier molecular flexibility index (Phi) is 4.37. The summed E-state index contributed by atoms with van der Waals surface area (Å²) >= 11 is 0. The van der Waals surface area contributed by atoms with Gasteiger partial charge in [0.2, 0.25) is 0 Å². The molecule has 4 N–H and O–H groups in total. The second-order valence-electron chi connectivity index (χ2n) is 4.42. The smallest absolute Gasteiger partial charge is 0.269 e. The number of benzene rings is 1. The molecule has 0 bridgehead atoms. The first kappa shape index (κ1) is 14.1. The predicted octanol–water partition coefficient (Wildman–Crippen LogP) is 1.78. The standard InChI is InChI=1S/C14H18N4O2/c1-3-7-20-11-6-4-5-10(8-11)13-12(14(19)16-15)9(2)17-18-13/h4-6,8H,3,7,15H2,1-2H3,(H,16,19)(H,17,18). The molecule has 6 nitrogen and oxygen atoms in total. The highest BCUT2D eigenvalue weighted by Crippen LogP contribution is 2.26. The third-order valence-electron chi connectivity index (χ3n) is 2.89. The Balaban J connectivity index is 2.39. The van der Waals surface area contributed by atoms with Gasteiger partial charge in [0.05, 0.1) is 12.2 Å². The molecule has 0 saturated heterocycles. The van der Waals surface area contributed by atoms with Gasteiger partial charge in [-0.3, -0.25) is 15.3 Å². The van der Waals surface area contributed by atoms with Crippen molar-refractivity contribution in [1.29, 1.82) is 0 Å². The van der Waals surface area contributed by atoms with Crippen LogP contribution in [-0.2, 0) is 0 Å². The molecule has 2 rings (SSSR count). The van der Waals surface area contributed by atoms with Gasteiger partial charge in [-0.05, 0) is 25.5 Å². The number of nitrogen functional groups attached to an aromatic ring is 1. The van der Waals surface area contributed by atoms with Crippen LogP contribution in [0.3, 0.4) is 0 Å². The quantitative estimate of drug-likeness (QED) is 0.440. The number of carbonyl (C=O) groups is 1. The number of H-pyrrole nitrogens is 1. The third-order valence-corrected chi connectivity index (χ3v) is 2.89. The molecule has 0 unspecified atom stereocenters. The first-order valence-corrected chi connectivity index (χ1v) is 6.46. The van der Waals surface area contributed by atoms with Gasteiger partial charge >= 0.3 is 0 Å². The fourth-order valence-electron chi connectivity index (χ4n) is 1.94. The summed E-state index contributed by atoms with van der Waals surface area (Å²) in [6.07, 6.45) is 0.937. The van der Waals surface area contributed by atoms with Crippen molar-refractivity contribution < 1.29 is 9.53 Å². The Morgan fingerprint density at radius 3 is 3.00 bits per heavy atom. The number of nitrogens with two attached hydrogens (primary N) is 1. The van der Waals surface area contributed by atoms with Crippen LogP contribution in [0.4, 0.5) is 0 Å². The van der Waals surface area contributed by atoms with Crippen LogP contribution in [-0.4, -0.2) is 22.7 Å². The SMILES string of the molecule is CCCOc1cccc(-c2n[nH]c(C)c2C(=O)NN)c1. The molecule has 0 saturated carbocycles. The van der Waals surface area contributed by atoms with E-state index in [1.165, 1.54) is 0 Å². The number of aromatic nitrogens is 2. The molecule has 1 aromatic carbocycles. The maximum Gasteiger partial charge on any atom is 0.269 e. The van der Waals surface area contributed by atoms with Crippen LogP contribution in [0.5, 0.6) is 5.75 Å². The van der Waals surface area contributed by atoms with E-state index in [9.17, 15) is 4.79 Å². The average molecular weight is 274 g/mol. The van der Waals surface area contributed by atoms with Crippen LogP contribution in [0.2, 0.25) is 0 Å². The van der Waals surface area contributed by atoms with Gasteiger partial charge in [-0.2, -0.15) is 5.10 Å². The molecule has 106 valence electrons. The molecule has 0 spiro atoms. The lowest BCUT2D eigenvalue weighted by atomic mass is 10.1. The summed E-state index contributed by atoms with van der Waals surface area (Å²) in [6, 6.07) is 7.48. The third kappa shape index (κ3) is 2.80. The highest BCUT2D eigenvalue weighted by Gasteiger charge is 2.18. The summed E-state index contributed by atoms with van der Waals surface area (Å²) in [4.78, 5) is 11.8. The van der Waals surface area contributed by atoms with Crippen LogP contribution in [0, 0.1) is 6.92 Å². The van der Waals surface area contributed by atoms with Crippen molar-refractivity contribution in [2.75, 3.05) is 6.61 Å². The summed E-state index contributed by atoms with van der Waals surface area (Å²) in [5.74, 6) is 5.59. The van der Waals surface area contributed by atoms with Crippen LogP contribution in [0.15, 0.2) is 24.3 Å². The zero-order valence-corrected chi connectivity index (χ0v) is 11.6. The molecule has 0 fully saturated rings. The fraction of sp³-hybridized carbons (Fsp3) is 0.286. The first-order chi connectivity index (χ1) is 9.67. The topological polar surface area (TPSA) is 93.0 Å². The summed E-state index contributed by atoms with van der Waals surface area (Å²) in [5.41, 5.74) is 4.62. The van der Waals surface area contributed by atoms with E-state index in [0.717, 1.165) is 17.7 Å². The largest absolute Gasteiger partial charge is 0.494 e. The van der Waals surface area contributed by atoms with Gasteiger partial charge in [0.25, 0.3) is 5.91 Å². The van der Waals surface area contributed by atoms with Crippen molar-refractivity contribution in [3.63, 3.8) is 0 Å². The predicted molar refractivity (Wildman–Crippen MR) is 76.2 cm³/mol. The van der Waals surface area contributed by atoms with Crippen LogP contribution >= 0.6 is 0 Å². The second-order valence-corrected chi connectivity index (χ2v) is 4.42. The molecule has 2 aromatic rings. The van der Waals surface area contributed by atoms with Gasteiger partial charge in [0, 0.05) is 11.3 Å². The number of rotatable bonds is 5. The molecule has 1 amide bonds. The van der Waals surface area contributed by atoms with Crippen molar-refractivity contribution in [2.24, 2.45) is 5.84 Å². The number of nitrogens with one attached hydrogen (secondary N) is 2. The van der Waals surface area contributed by atoms with E-state index in [1.807, 2.05) is 31.2 Å². The maximum absolute atomic E-state index is 11.8. The van der Waals surface area contributed by atoms with Crippen LogP contribution in [0.1, 0.15) is 29.4 Å². The summed E-state index contributed by atoms with van der Waals surface area (Å²) in [7, 11) is 0. The zero-order chi connectivity index (χ0) is 14.5. The summed E-state index contributed by atoms with van der Waals surface area (Å²) < 4.78 is 5.59. The molecule has 0 radical (unpaired) electrons. The monoisotopic (exact) mass is 274 g/mol. The molecule has 6 heteroatoms. The number of hydrogen-bond acceptors (Lipinski definition) is 4. The number of ether oxygens (including phenoxy) is 1. The van der Waals surface area contributed by atoms with E-state index in [1.54, 1.807) is 6.92 Å². The number of hydrogen-bond donors (Lipinski definition) is 3. The van der Waals surface area contributed by atoms with Gasteiger partial charge in [-0.1, -0.05) is 19.1 Å². The van der Waals surface area contributed by atoms with Gasteiger partial charge in [0.15, 0.2) is 0 Å². The number of nitrogens with zero attached hydrogens (tertiary/aromatic N) is 1. The minimum Gasteiger partial charge on any atom is -0.494 e. The lowest BCUT2D eigenvalue weighted by Crippen LogP contribution is -2.30. The number of aromatic amines is 1. The van der Waals surface area contributed by atoms with Crippen molar-refractivity contribution in [1.82, 2.24) is 15.6 Å². The van der Waals surface area contributed by atoms with Crippen LogP contribution < -0.4 is 16.0 Å². The lowest BCUT2D eigenvalue weighted by Gasteiger charge is -2.07. The Hall–Kier alpha value is -2.34. The summed E-state index contributed by atoms with van der Waals surface area (Å²) in [6.45, 7) is 4.47. The van der Waals surface area contributed by atoms with Crippen molar-refractivity contribution >= 4 is 5.91 Å². The van der Waals surface area contributed by atoms with Gasteiger partial charge < -0.3 is 4.74 Å².